The largest absolute Gasteiger partial charge is 0.411 e. The zero-order valence-corrected chi connectivity index (χ0v) is 12.5. The number of aryl methyl sites for hydroxylation is 1. The van der Waals surface area contributed by atoms with E-state index in [2.05, 4.69) is 15.0 Å². The average Bonchev–Trinajstić information content (AvgIpc) is 2.68. The molecule has 0 spiro atoms. The molecule has 5 nitrogen and oxygen atoms in total. The quantitative estimate of drug-likeness (QED) is 0.873. The van der Waals surface area contributed by atoms with E-state index in [-0.39, 0.29) is 18.4 Å². The number of hydrogen-bond acceptors (Lipinski definition) is 5. The predicted molar refractivity (Wildman–Crippen MR) is 74.9 cm³/mol. The summed E-state index contributed by atoms with van der Waals surface area (Å²) in [6.45, 7) is -2.09. The molecule has 1 aliphatic carbocycles. The van der Waals surface area contributed by atoms with Gasteiger partial charge < -0.3 is 10.5 Å². The molecule has 1 heterocycles. The van der Waals surface area contributed by atoms with E-state index in [0.29, 0.717) is 11.6 Å². The van der Waals surface area contributed by atoms with Gasteiger partial charge in [0.2, 0.25) is 0 Å². The van der Waals surface area contributed by atoms with Gasteiger partial charge in [0, 0.05) is 10.9 Å². The van der Waals surface area contributed by atoms with Crippen molar-refractivity contribution in [1.82, 2.24) is 4.98 Å². The number of amides is 1. The van der Waals surface area contributed by atoms with Crippen LogP contribution in [0.25, 0.3) is 0 Å². The van der Waals surface area contributed by atoms with Gasteiger partial charge in [-0.2, -0.15) is 13.2 Å². The number of nitrogens with two attached hydrogens (primary N) is 1. The van der Waals surface area contributed by atoms with Crippen LogP contribution in [0.1, 0.15) is 17.0 Å². The van der Waals surface area contributed by atoms with Crippen LogP contribution in [-0.4, -0.2) is 36.3 Å². The minimum atomic E-state index is -4.43. The third-order valence-electron chi connectivity index (χ3n) is 2.72. The molecule has 1 atom stereocenters. The van der Waals surface area contributed by atoms with Gasteiger partial charge in [-0.05, 0) is 19.3 Å². The number of anilines is 1. The van der Waals surface area contributed by atoms with Gasteiger partial charge in [-0.25, -0.2) is 4.98 Å². The van der Waals surface area contributed by atoms with Crippen LogP contribution in [0.15, 0.2) is 0 Å². The number of thiazole rings is 1. The van der Waals surface area contributed by atoms with Crippen molar-refractivity contribution in [3.05, 3.63) is 10.6 Å². The van der Waals surface area contributed by atoms with E-state index in [0.717, 1.165) is 23.4 Å². The molecule has 1 aromatic rings. The molecule has 10 heteroatoms. The number of nitrogens with zero attached hydrogens (tertiary/aromatic N) is 1. The van der Waals surface area contributed by atoms with E-state index < -0.39 is 25.3 Å². The Labute approximate surface area is 129 Å². The van der Waals surface area contributed by atoms with Crippen molar-refractivity contribution in [1.29, 1.82) is 0 Å². The fourth-order valence-electron chi connectivity index (χ4n) is 1.87. The molecule has 0 saturated heterocycles. The van der Waals surface area contributed by atoms with E-state index in [1.54, 1.807) is 0 Å². The highest BCUT2D eigenvalue weighted by Gasteiger charge is 2.28. The second-order valence-corrected chi connectivity index (χ2v) is 5.63. The molecule has 2 rings (SSSR count). The molecule has 120 valence electrons. The molecule has 0 aromatic carbocycles. The molecule has 21 heavy (non-hydrogen) atoms. The Morgan fingerprint density at radius 2 is 2.24 bits per heavy atom. The lowest BCUT2D eigenvalue weighted by Crippen LogP contribution is -2.27. The molecule has 0 aliphatic heterocycles. The second-order valence-electron chi connectivity index (χ2n) is 4.55. The van der Waals surface area contributed by atoms with Crippen LogP contribution in [-0.2, 0) is 22.4 Å². The number of carbonyl (C=O) groups excluding carboxylic acids is 1. The van der Waals surface area contributed by atoms with Crippen molar-refractivity contribution in [2.24, 2.45) is 5.73 Å². The van der Waals surface area contributed by atoms with Crippen LogP contribution in [0.5, 0.6) is 0 Å². The van der Waals surface area contributed by atoms with Crippen molar-refractivity contribution in [2.45, 2.75) is 31.5 Å². The van der Waals surface area contributed by atoms with Gasteiger partial charge in [-0.15, -0.1) is 23.7 Å². The molecule has 1 aromatic heterocycles. The number of carbonyl (C=O) groups is 1. The number of halogens is 4. The van der Waals surface area contributed by atoms with E-state index >= 15 is 0 Å². The summed E-state index contributed by atoms with van der Waals surface area (Å²) in [6.07, 6.45) is -2.11. The highest BCUT2D eigenvalue weighted by atomic mass is 35.5. The average molecular weight is 346 g/mol. The molecular weight excluding hydrogens is 331 g/mol. The van der Waals surface area contributed by atoms with Crippen molar-refractivity contribution in [3.8, 4) is 0 Å². The van der Waals surface area contributed by atoms with Gasteiger partial charge >= 0.3 is 6.18 Å². The van der Waals surface area contributed by atoms with Crippen molar-refractivity contribution in [2.75, 3.05) is 18.5 Å². The predicted octanol–water partition coefficient (Wildman–Crippen LogP) is 1.90. The maximum atomic E-state index is 11.8. The second kappa shape index (κ2) is 7.39. The zero-order chi connectivity index (χ0) is 14.8. The first kappa shape index (κ1) is 18.1. The lowest BCUT2D eigenvalue weighted by atomic mass is 9.99. The molecule has 0 unspecified atom stereocenters. The lowest BCUT2D eigenvalue weighted by Gasteiger charge is -2.15. The molecule has 1 amide bonds. The Kier molecular flexibility index (Phi) is 6.39. The maximum Gasteiger partial charge on any atom is 0.411 e. The van der Waals surface area contributed by atoms with Crippen LogP contribution in [0.4, 0.5) is 18.3 Å². The number of nitrogens with one attached hydrogen (secondary N) is 1. The highest BCUT2D eigenvalue weighted by Crippen LogP contribution is 2.29. The van der Waals surface area contributed by atoms with E-state index in [1.807, 2.05) is 0 Å². The summed E-state index contributed by atoms with van der Waals surface area (Å²) >= 11 is 1.31. The Bertz CT molecular complexity index is 496. The van der Waals surface area contributed by atoms with Gasteiger partial charge in [0.05, 0.1) is 5.69 Å². The monoisotopic (exact) mass is 345 g/mol. The van der Waals surface area contributed by atoms with Gasteiger partial charge in [0.15, 0.2) is 5.13 Å². The zero-order valence-electron chi connectivity index (χ0n) is 10.9. The lowest BCUT2D eigenvalue weighted by molar-refractivity contribution is -0.174. The molecule has 0 radical (unpaired) electrons. The third kappa shape index (κ3) is 5.77. The first-order valence-corrected chi connectivity index (χ1v) is 6.83. The summed E-state index contributed by atoms with van der Waals surface area (Å²) in [4.78, 5) is 16.7. The Hall–Kier alpha value is -0.900. The summed E-state index contributed by atoms with van der Waals surface area (Å²) in [6, 6.07) is 0.0987. The molecular formula is C11H15ClF3N3O2S. The van der Waals surface area contributed by atoms with E-state index in [9.17, 15) is 18.0 Å². The highest BCUT2D eigenvalue weighted by molar-refractivity contribution is 7.15. The molecule has 0 fully saturated rings. The van der Waals surface area contributed by atoms with E-state index in [1.165, 1.54) is 11.3 Å². The molecule has 1 aliphatic rings. The number of hydrogen-bond donors (Lipinski definition) is 2. The molecule has 0 saturated carbocycles. The summed E-state index contributed by atoms with van der Waals surface area (Å²) in [5.74, 6) is -0.648. The smallest absolute Gasteiger partial charge is 0.362 e. The van der Waals surface area contributed by atoms with Crippen LogP contribution < -0.4 is 11.1 Å². The minimum absolute atomic E-state index is 0. The third-order valence-corrected chi connectivity index (χ3v) is 3.76. The standard InChI is InChI=1S/C11H14F3N3O2S.ClH/c12-11(13,14)5-19-4-9(18)17-10-16-7-2-1-6(15)3-8(7)20-10;/h6H,1-5,15H2,(H,16,17,18);1H/t6-;/m0./s1. The number of rotatable bonds is 4. The van der Waals surface area contributed by atoms with Gasteiger partial charge in [0.25, 0.3) is 5.91 Å². The Morgan fingerprint density at radius 1 is 1.52 bits per heavy atom. The number of ether oxygens (including phenoxy) is 1. The first-order chi connectivity index (χ1) is 9.33. The number of alkyl halides is 3. The van der Waals surface area contributed by atoms with Crippen LogP contribution in [0, 0.1) is 0 Å². The van der Waals surface area contributed by atoms with Gasteiger partial charge in [-0.3, -0.25) is 10.1 Å². The normalized spacial score (nSPS) is 17.8. The number of fused-ring (bicyclic) bond motifs is 1. The minimum Gasteiger partial charge on any atom is -0.362 e. The van der Waals surface area contributed by atoms with Crippen LogP contribution in [0.3, 0.4) is 0 Å². The van der Waals surface area contributed by atoms with E-state index in [4.69, 9.17) is 5.73 Å². The van der Waals surface area contributed by atoms with Gasteiger partial charge in [-0.1, -0.05) is 0 Å². The molecule has 3 N–H and O–H groups in total. The summed E-state index contributed by atoms with van der Waals surface area (Å²) < 4.78 is 39.8. The van der Waals surface area contributed by atoms with Crippen LogP contribution >= 0.6 is 23.7 Å². The van der Waals surface area contributed by atoms with Crippen LogP contribution in [0.2, 0.25) is 0 Å². The summed E-state index contributed by atoms with van der Waals surface area (Å²) in [5.41, 5.74) is 6.74. The number of aromatic nitrogens is 1. The fourth-order valence-corrected chi connectivity index (χ4v) is 2.99. The molecule has 0 bridgehead atoms. The fraction of sp³-hybridized carbons (Fsp3) is 0.636. The Morgan fingerprint density at radius 3 is 2.90 bits per heavy atom. The van der Waals surface area contributed by atoms with Gasteiger partial charge in [0.1, 0.15) is 13.2 Å². The maximum absolute atomic E-state index is 11.8. The summed E-state index contributed by atoms with van der Waals surface area (Å²) in [5, 5.41) is 2.81. The SMILES string of the molecule is Cl.N[C@H]1CCc2nc(NC(=O)COCC(F)(F)F)sc2C1. The first-order valence-electron chi connectivity index (χ1n) is 6.02. The van der Waals surface area contributed by atoms with Crippen molar-refractivity contribution in [3.63, 3.8) is 0 Å². The Balaban J connectivity index is 0.00000220. The van der Waals surface area contributed by atoms with Crippen molar-refractivity contribution >= 4 is 34.8 Å². The summed E-state index contributed by atoms with van der Waals surface area (Å²) in [7, 11) is 0. The van der Waals surface area contributed by atoms with Crippen molar-refractivity contribution < 1.29 is 22.7 Å². The topological polar surface area (TPSA) is 77.2 Å².